The van der Waals surface area contributed by atoms with E-state index in [2.05, 4.69) is 32.2 Å². The Kier molecular flexibility index (Phi) is 5.87. The molecule has 0 bridgehead atoms. The molecule has 1 aliphatic heterocycles. The Balaban J connectivity index is 1.45. The van der Waals surface area contributed by atoms with Crippen LogP contribution in [0.25, 0.3) is 11.5 Å². The molecule has 1 aromatic carbocycles. The Morgan fingerprint density at radius 2 is 1.90 bits per heavy atom. The van der Waals surface area contributed by atoms with Gasteiger partial charge in [-0.15, -0.1) is 0 Å². The monoisotopic (exact) mass is 394 g/mol. The van der Waals surface area contributed by atoms with Crippen molar-refractivity contribution in [2.24, 2.45) is 0 Å². The predicted octanol–water partition coefficient (Wildman–Crippen LogP) is 3.67. The van der Waals surface area contributed by atoms with Gasteiger partial charge in [0, 0.05) is 38.5 Å². The van der Waals surface area contributed by atoms with E-state index < -0.39 is 5.60 Å². The smallest absolute Gasteiger partial charge is 0.259 e. The van der Waals surface area contributed by atoms with Crippen molar-refractivity contribution in [3.05, 3.63) is 60.1 Å². The average Bonchev–Trinajstić information content (AvgIpc) is 3.28. The summed E-state index contributed by atoms with van der Waals surface area (Å²) in [6.07, 6.45) is 3.28. The Morgan fingerprint density at radius 1 is 1.10 bits per heavy atom. The van der Waals surface area contributed by atoms with Gasteiger partial charge >= 0.3 is 0 Å². The molecule has 1 fully saturated rings. The van der Waals surface area contributed by atoms with Gasteiger partial charge < -0.3 is 14.0 Å². The highest BCUT2D eigenvalue weighted by molar-refractivity contribution is 5.47. The van der Waals surface area contributed by atoms with Crippen molar-refractivity contribution < 1.29 is 14.0 Å². The molecule has 1 saturated heterocycles. The van der Waals surface area contributed by atoms with Gasteiger partial charge in [-0.1, -0.05) is 29.4 Å². The van der Waals surface area contributed by atoms with Crippen LogP contribution in [0.3, 0.4) is 0 Å². The number of aromatic nitrogens is 3. The summed E-state index contributed by atoms with van der Waals surface area (Å²) >= 11 is 0. The van der Waals surface area contributed by atoms with E-state index in [1.54, 1.807) is 13.3 Å². The number of hydrogen-bond acceptors (Lipinski definition) is 7. The van der Waals surface area contributed by atoms with Gasteiger partial charge in [-0.2, -0.15) is 4.98 Å². The van der Waals surface area contributed by atoms with Gasteiger partial charge in [-0.3, -0.25) is 9.88 Å². The predicted molar refractivity (Wildman–Crippen MR) is 108 cm³/mol. The lowest BCUT2D eigenvalue weighted by Gasteiger charge is -2.38. The maximum absolute atomic E-state index is 5.91. The van der Waals surface area contributed by atoms with Crippen LogP contribution in [0.2, 0.25) is 0 Å². The first-order chi connectivity index (χ1) is 14.2. The van der Waals surface area contributed by atoms with E-state index in [1.807, 2.05) is 37.3 Å². The molecule has 0 N–H and O–H groups in total. The largest absolute Gasteiger partial charge is 0.494 e. The van der Waals surface area contributed by atoms with Crippen LogP contribution in [0.15, 0.2) is 53.2 Å². The highest BCUT2D eigenvalue weighted by Crippen LogP contribution is 2.36. The van der Waals surface area contributed by atoms with Crippen LogP contribution in [-0.4, -0.2) is 46.8 Å². The molecule has 3 heterocycles. The van der Waals surface area contributed by atoms with Crippen molar-refractivity contribution in [1.29, 1.82) is 0 Å². The van der Waals surface area contributed by atoms with Crippen LogP contribution in [-0.2, 0) is 16.9 Å². The third-order valence-corrected chi connectivity index (χ3v) is 5.43. The Hall–Kier alpha value is -2.77. The molecule has 0 aliphatic carbocycles. The van der Waals surface area contributed by atoms with E-state index in [-0.39, 0.29) is 0 Å². The van der Waals surface area contributed by atoms with E-state index >= 15 is 0 Å². The summed E-state index contributed by atoms with van der Waals surface area (Å²) in [5, 5.41) is 4.11. The molecule has 2 aromatic heterocycles. The molecule has 0 radical (unpaired) electrons. The number of hydrogen-bond donors (Lipinski definition) is 0. The highest BCUT2D eigenvalue weighted by atomic mass is 16.5. The lowest BCUT2D eigenvalue weighted by atomic mass is 9.90. The number of rotatable bonds is 7. The Bertz CT molecular complexity index is 921. The number of benzene rings is 1. The second kappa shape index (κ2) is 8.71. The van der Waals surface area contributed by atoms with Crippen molar-refractivity contribution in [3.8, 4) is 17.3 Å². The van der Waals surface area contributed by atoms with Crippen molar-refractivity contribution in [1.82, 2.24) is 20.0 Å². The summed E-state index contributed by atoms with van der Waals surface area (Å²) in [7, 11) is 1.71. The summed E-state index contributed by atoms with van der Waals surface area (Å²) in [5.74, 6) is 1.97. The number of piperidine rings is 1. The van der Waals surface area contributed by atoms with E-state index in [0.29, 0.717) is 24.0 Å². The summed E-state index contributed by atoms with van der Waals surface area (Å²) in [4.78, 5) is 11.3. The van der Waals surface area contributed by atoms with Gasteiger partial charge in [0.25, 0.3) is 5.89 Å². The normalized spacial score (nSPS) is 16.6. The molecule has 152 valence electrons. The third kappa shape index (κ3) is 4.16. The first-order valence-electron chi connectivity index (χ1n) is 9.98. The first kappa shape index (κ1) is 19.5. The van der Waals surface area contributed by atoms with Gasteiger partial charge in [-0.25, -0.2) is 0 Å². The van der Waals surface area contributed by atoms with Crippen molar-refractivity contribution in [2.45, 2.75) is 31.9 Å². The van der Waals surface area contributed by atoms with Crippen LogP contribution < -0.4 is 4.74 Å². The molecule has 0 unspecified atom stereocenters. The lowest BCUT2D eigenvalue weighted by Crippen LogP contribution is -2.43. The molecule has 0 amide bonds. The summed E-state index contributed by atoms with van der Waals surface area (Å²) in [5.41, 5.74) is 1.34. The zero-order chi connectivity index (χ0) is 20.1. The maximum atomic E-state index is 5.91. The third-order valence-electron chi connectivity index (χ3n) is 5.43. The zero-order valence-electron chi connectivity index (χ0n) is 16.9. The standard InChI is InChI=1S/C22H26N4O3/c1-3-28-19-10-5-4-8-17(19)16-26-14-11-22(27-2,12-15-26)21-24-20(25-29-21)18-9-6-7-13-23-18/h4-10,13H,3,11-12,14-16H2,1-2H3. The minimum Gasteiger partial charge on any atom is -0.494 e. The Labute approximate surface area is 170 Å². The number of nitrogens with zero attached hydrogens (tertiary/aromatic N) is 4. The van der Waals surface area contributed by atoms with Crippen LogP contribution in [0.5, 0.6) is 5.75 Å². The molecular weight excluding hydrogens is 368 g/mol. The van der Waals surface area contributed by atoms with Gasteiger partial charge in [0.15, 0.2) is 0 Å². The van der Waals surface area contributed by atoms with Gasteiger partial charge in [0.05, 0.1) is 6.61 Å². The number of methoxy groups -OCH3 is 1. The van der Waals surface area contributed by atoms with E-state index in [0.717, 1.165) is 38.2 Å². The fraction of sp³-hybridized carbons (Fsp3) is 0.409. The van der Waals surface area contributed by atoms with Crippen LogP contribution in [0.4, 0.5) is 0 Å². The van der Waals surface area contributed by atoms with Gasteiger partial charge in [0.1, 0.15) is 17.0 Å². The van der Waals surface area contributed by atoms with Crippen LogP contribution in [0, 0.1) is 0 Å². The number of likely N-dealkylation sites (tertiary alicyclic amines) is 1. The van der Waals surface area contributed by atoms with Crippen molar-refractivity contribution in [3.63, 3.8) is 0 Å². The SMILES string of the molecule is CCOc1ccccc1CN1CCC(OC)(c2nc(-c3ccccn3)no2)CC1. The summed E-state index contributed by atoms with van der Waals surface area (Å²) in [6.45, 7) is 5.26. The molecular formula is C22H26N4O3. The van der Waals surface area contributed by atoms with Gasteiger partial charge in [-0.05, 0) is 38.0 Å². The summed E-state index contributed by atoms with van der Waals surface area (Å²) < 4.78 is 17.3. The molecule has 0 atom stereocenters. The molecule has 4 rings (SSSR count). The van der Waals surface area contributed by atoms with Crippen molar-refractivity contribution >= 4 is 0 Å². The molecule has 1 aliphatic rings. The van der Waals surface area contributed by atoms with Gasteiger partial charge in [0.2, 0.25) is 5.82 Å². The molecule has 3 aromatic rings. The molecule has 7 heteroatoms. The second-order valence-corrected chi connectivity index (χ2v) is 7.15. The second-order valence-electron chi connectivity index (χ2n) is 7.15. The molecule has 7 nitrogen and oxygen atoms in total. The number of pyridine rings is 1. The fourth-order valence-corrected chi connectivity index (χ4v) is 3.76. The zero-order valence-corrected chi connectivity index (χ0v) is 16.9. The van der Waals surface area contributed by atoms with Crippen molar-refractivity contribution in [2.75, 3.05) is 26.8 Å². The average molecular weight is 394 g/mol. The maximum Gasteiger partial charge on any atom is 0.259 e. The topological polar surface area (TPSA) is 73.5 Å². The molecule has 0 spiro atoms. The molecule has 0 saturated carbocycles. The van der Waals surface area contributed by atoms with Crippen LogP contribution in [0.1, 0.15) is 31.2 Å². The van der Waals surface area contributed by atoms with E-state index in [9.17, 15) is 0 Å². The van der Waals surface area contributed by atoms with E-state index in [4.69, 9.17) is 14.0 Å². The summed E-state index contributed by atoms with van der Waals surface area (Å²) in [6, 6.07) is 13.9. The lowest BCUT2D eigenvalue weighted by molar-refractivity contribution is -0.0839. The quantitative estimate of drug-likeness (QED) is 0.605. The number of ether oxygens (including phenoxy) is 2. The van der Waals surface area contributed by atoms with E-state index in [1.165, 1.54) is 5.56 Å². The fourth-order valence-electron chi connectivity index (χ4n) is 3.76. The number of para-hydroxylation sites is 1. The highest BCUT2D eigenvalue weighted by Gasteiger charge is 2.41. The molecule has 29 heavy (non-hydrogen) atoms. The Morgan fingerprint density at radius 3 is 2.62 bits per heavy atom. The van der Waals surface area contributed by atoms with Crippen LogP contribution >= 0.6 is 0 Å². The minimum atomic E-state index is -0.560. The first-order valence-corrected chi connectivity index (χ1v) is 9.98. The minimum absolute atomic E-state index is 0.491.